The van der Waals surface area contributed by atoms with Gasteiger partial charge >= 0.3 is 0 Å². The lowest BCUT2D eigenvalue weighted by atomic mass is 9.48. The van der Waals surface area contributed by atoms with Gasteiger partial charge in [-0.15, -0.1) is 0 Å². The highest BCUT2D eigenvalue weighted by Gasteiger charge is 2.51. The molecule has 0 aliphatic heterocycles. The third-order valence-electron chi connectivity index (χ3n) is 16.2. The zero-order valence-corrected chi connectivity index (χ0v) is 35.5. The molecule has 0 radical (unpaired) electrons. The van der Waals surface area contributed by atoms with Crippen LogP contribution in [-0.2, 0) is 10.8 Å². The van der Waals surface area contributed by atoms with E-state index < -0.39 is 0 Å². The van der Waals surface area contributed by atoms with Crippen LogP contribution in [0.25, 0.3) is 44.2 Å². The molecule has 0 saturated heterocycles. The summed E-state index contributed by atoms with van der Waals surface area (Å²) in [6.45, 7) is 4.92. The molecule has 0 atom stereocenters. The fraction of sp³-hybridized carbons (Fsp3) is 0.322. The number of rotatable bonds is 7. The molecule has 7 aromatic carbocycles. The van der Waals surface area contributed by atoms with E-state index in [0.717, 1.165) is 17.8 Å². The fourth-order valence-electron chi connectivity index (χ4n) is 13.7. The number of fused-ring (bicyclic) bond motifs is 4. The first-order valence-corrected chi connectivity index (χ1v) is 23.3. The summed E-state index contributed by atoms with van der Waals surface area (Å²) in [6.07, 6.45) is 15.4. The van der Waals surface area contributed by atoms with Crippen LogP contribution in [0.1, 0.15) is 113 Å². The molecule has 7 aromatic rings. The monoisotopic (exact) mass is 779 g/mol. The molecule has 0 amide bonds. The number of hydrogen-bond acceptors (Lipinski definition) is 1. The molecule has 60 heavy (non-hydrogen) atoms. The first kappa shape index (κ1) is 36.5. The van der Waals surface area contributed by atoms with Gasteiger partial charge in [0.1, 0.15) is 0 Å². The normalized spacial score (nSPS) is 23.7. The molecule has 6 aliphatic carbocycles. The van der Waals surface area contributed by atoms with E-state index in [2.05, 4.69) is 170 Å². The van der Waals surface area contributed by atoms with E-state index in [1.165, 1.54) is 143 Å². The van der Waals surface area contributed by atoms with Crippen molar-refractivity contribution in [2.24, 2.45) is 17.8 Å². The van der Waals surface area contributed by atoms with Gasteiger partial charge in [0, 0.05) is 22.5 Å². The molecule has 298 valence electrons. The average Bonchev–Trinajstić information content (AvgIpc) is 3.52. The van der Waals surface area contributed by atoms with Crippen molar-refractivity contribution in [3.8, 4) is 33.4 Å². The van der Waals surface area contributed by atoms with Crippen LogP contribution in [0.15, 0.2) is 152 Å². The van der Waals surface area contributed by atoms with Gasteiger partial charge in [-0.05, 0) is 195 Å². The second-order valence-electron chi connectivity index (χ2n) is 20.2. The zero-order valence-electron chi connectivity index (χ0n) is 35.5. The Kier molecular flexibility index (Phi) is 8.56. The van der Waals surface area contributed by atoms with E-state index in [1.54, 1.807) is 11.1 Å². The Balaban J connectivity index is 0.970. The van der Waals surface area contributed by atoms with Crippen molar-refractivity contribution in [3.05, 3.63) is 174 Å². The van der Waals surface area contributed by atoms with E-state index in [1.807, 2.05) is 0 Å². The molecular weight excluding hydrogens is 723 g/mol. The van der Waals surface area contributed by atoms with E-state index in [9.17, 15) is 0 Å². The predicted molar refractivity (Wildman–Crippen MR) is 253 cm³/mol. The van der Waals surface area contributed by atoms with Crippen LogP contribution >= 0.6 is 0 Å². The van der Waals surface area contributed by atoms with E-state index >= 15 is 0 Å². The lowest BCUT2D eigenvalue weighted by molar-refractivity contribution is -0.00518. The van der Waals surface area contributed by atoms with Crippen LogP contribution in [0.2, 0.25) is 0 Å². The Labute approximate surface area is 357 Å². The van der Waals surface area contributed by atoms with Gasteiger partial charge in [-0.2, -0.15) is 0 Å². The Morgan fingerprint density at radius 1 is 0.467 bits per heavy atom. The summed E-state index contributed by atoms with van der Waals surface area (Å²) in [5.74, 6) is 3.48. The maximum Gasteiger partial charge on any atom is 0.0465 e. The summed E-state index contributed by atoms with van der Waals surface area (Å²) in [5, 5.41) is 2.54. The third kappa shape index (κ3) is 5.94. The standard InChI is InChI=1S/C59H57N/c1-58(2)55-19-11-18-51(42-12-5-3-6-13-42)57(55)52-29-28-50(35-56(52)58)60(49-26-22-47(23-27-49)59-36-39-30-40(37-59)32-41(31-39)38-59)48-24-20-44(21-25-48)54-34-46-17-10-9-16-45(46)33-53(54)43-14-7-4-8-15-43/h4,7-11,14-29,33-35,39-42H,3,5-6,12-13,30-32,36-38H2,1-2H3. The highest BCUT2D eigenvalue weighted by molar-refractivity contribution is 5.97. The maximum absolute atomic E-state index is 2.54. The lowest BCUT2D eigenvalue weighted by Gasteiger charge is -2.57. The van der Waals surface area contributed by atoms with Gasteiger partial charge in [-0.1, -0.05) is 136 Å². The van der Waals surface area contributed by atoms with Crippen LogP contribution in [0, 0.1) is 17.8 Å². The number of nitrogens with zero attached hydrogens (tertiary/aromatic N) is 1. The van der Waals surface area contributed by atoms with Crippen molar-refractivity contribution in [3.63, 3.8) is 0 Å². The van der Waals surface area contributed by atoms with Gasteiger partial charge in [0.15, 0.2) is 0 Å². The van der Waals surface area contributed by atoms with Crippen molar-refractivity contribution >= 4 is 27.8 Å². The van der Waals surface area contributed by atoms with Gasteiger partial charge in [-0.3, -0.25) is 0 Å². The van der Waals surface area contributed by atoms with E-state index in [4.69, 9.17) is 0 Å². The van der Waals surface area contributed by atoms with Gasteiger partial charge in [0.25, 0.3) is 0 Å². The summed E-state index contributed by atoms with van der Waals surface area (Å²) in [4.78, 5) is 2.53. The van der Waals surface area contributed by atoms with Crippen molar-refractivity contribution < 1.29 is 0 Å². The minimum Gasteiger partial charge on any atom is -0.310 e. The number of hydrogen-bond donors (Lipinski definition) is 0. The van der Waals surface area contributed by atoms with Crippen molar-refractivity contribution in [2.45, 2.75) is 101 Å². The Morgan fingerprint density at radius 3 is 1.67 bits per heavy atom. The molecule has 6 aliphatic rings. The summed E-state index contributed by atoms with van der Waals surface area (Å²) in [7, 11) is 0. The van der Waals surface area contributed by atoms with Crippen LogP contribution < -0.4 is 4.90 Å². The SMILES string of the molecule is CC1(C)c2cc(N(c3ccc(-c4cc5ccccc5cc4-c4ccccc4)cc3)c3ccc(C45CC6CC(CC(C6)C4)C5)cc3)ccc2-c2c(C3CCCCC3)cccc21. The minimum absolute atomic E-state index is 0.0762. The molecule has 13 rings (SSSR count). The first-order valence-electron chi connectivity index (χ1n) is 23.3. The van der Waals surface area contributed by atoms with Gasteiger partial charge < -0.3 is 4.90 Å². The van der Waals surface area contributed by atoms with Gasteiger partial charge in [0.05, 0.1) is 0 Å². The highest BCUT2D eigenvalue weighted by atomic mass is 15.1. The Hall–Kier alpha value is -5.40. The third-order valence-corrected chi connectivity index (χ3v) is 16.2. The molecule has 0 spiro atoms. The first-order chi connectivity index (χ1) is 29.4. The largest absolute Gasteiger partial charge is 0.310 e. The lowest BCUT2D eigenvalue weighted by Crippen LogP contribution is -2.48. The number of benzene rings is 7. The van der Waals surface area contributed by atoms with E-state index in [0.29, 0.717) is 11.3 Å². The van der Waals surface area contributed by atoms with Crippen LogP contribution in [0.5, 0.6) is 0 Å². The van der Waals surface area contributed by atoms with Crippen molar-refractivity contribution in [1.82, 2.24) is 0 Å². The van der Waals surface area contributed by atoms with Crippen molar-refractivity contribution in [2.75, 3.05) is 4.90 Å². The smallest absolute Gasteiger partial charge is 0.0465 e. The van der Waals surface area contributed by atoms with Crippen LogP contribution in [-0.4, -0.2) is 0 Å². The minimum atomic E-state index is -0.0762. The molecule has 5 saturated carbocycles. The molecule has 0 N–H and O–H groups in total. The van der Waals surface area contributed by atoms with Gasteiger partial charge in [-0.25, -0.2) is 0 Å². The zero-order chi connectivity index (χ0) is 40.0. The van der Waals surface area contributed by atoms with Crippen LogP contribution in [0.3, 0.4) is 0 Å². The summed E-state index contributed by atoms with van der Waals surface area (Å²) >= 11 is 0. The highest BCUT2D eigenvalue weighted by Crippen LogP contribution is 2.61. The molecule has 0 aromatic heterocycles. The predicted octanol–water partition coefficient (Wildman–Crippen LogP) is 16.5. The van der Waals surface area contributed by atoms with Gasteiger partial charge in [0.2, 0.25) is 0 Å². The molecule has 0 heterocycles. The second kappa shape index (κ2) is 14.1. The Morgan fingerprint density at radius 2 is 1.03 bits per heavy atom. The maximum atomic E-state index is 2.54. The molecule has 4 bridgehead atoms. The van der Waals surface area contributed by atoms with Crippen LogP contribution in [0.4, 0.5) is 17.1 Å². The number of anilines is 3. The molecule has 1 nitrogen and oxygen atoms in total. The summed E-state index contributed by atoms with van der Waals surface area (Å²) in [5.41, 5.74) is 18.1. The topological polar surface area (TPSA) is 3.24 Å². The molecular formula is C59H57N. The Bertz CT molecular complexity index is 2690. The van der Waals surface area contributed by atoms with Crippen molar-refractivity contribution in [1.29, 1.82) is 0 Å². The molecule has 0 unspecified atom stereocenters. The summed E-state index contributed by atoms with van der Waals surface area (Å²) in [6, 6.07) is 58.4. The molecule has 5 fully saturated rings. The second-order valence-corrected chi connectivity index (χ2v) is 20.2. The quantitative estimate of drug-likeness (QED) is 0.156. The fourth-order valence-corrected chi connectivity index (χ4v) is 13.7. The van der Waals surface area contributed by atoms with E-state index in [-0.39, 0.29) is 5.41 Å². The average molecular weight is 780 g/mol. The summed E-state index contributed by atoms with van der Waals surface area (Å²) < 4.78 is 0. The molecule has 1 heteroatoms.